The molecule has 2 heterocycles. The smallest absolute Gasteiger partial charge is 0.268 e. The number of nitrogens with one attached hydrogen (secondary N) is 1. The number of aryl methyl sites for hydroxylation is 2. The summed E-state index contributed by atoms with van der Waals surface area (Å²) < 4.78 is 26.9. The lowest BCUT2D eigenvalue weighted by Crippen LogP contribution is -2.10. The molecule has 0 aliphatic heterocycles. The van der Waals surface area contributed by atoms with Crippen molar-refractivity contribution < 1.29 is 13.5 Å². The minimum absolute atomic E-state index is 0.269. The molecule has 0 atom stereocenters. The Morgan fingerprint density at radius 1 is 1.00 bits per heavy atom. The molecule has 4 rings (SSSR count). The molecule has 0 unspecified atom stereocenters. The van der Waals surface area contributed by atoms with E-state index < -0.39 is 10.6 Å². The van der Waals surface area contributed by atoms with Gasteiger partial charge in [0.15, 0.2) is 0 Å². The third-order valence-corrected chi connectivity index (χ3v) is 7.91. The molecule has 0 bridgehead atoms. The molecule has 3 N–H and O–H groups in total. The maximum atomic E-state index is 10.5. The Labute approximate surface area is 200 Å². The molecule has 34 heavy (non-hydrogen) atoms. The van der Waals surface area contributed by atoms with E-state index in [4.69, 9.17) is 9.40 Å². The fourth-order valence-corrected chi connectivity index (χ4v) is 4.73. The van der Waals surface area contributed by atoms with Crippen molar-refractivity contribution in [2.75, 3.05) is 7.05 Å². The van der Waals surface area contributed by atoms with Crippen molar-refractivity contribution in [2.45, 2.75) is 44.4 Å². The fraction of sp³-hybridized carbons (Fsp3) is 0.280. The standard InChI is InChI=1S/C25H29N5O3S/c1-15(2)34(31,32)20-10-11-21(16(3)12-20)22-14-27-17(4)23(28-22)25-30-29-24(33-25)19-8-6-18(7-9-19)13-26-5/h6-12,14-15,26,31-32H,13H2,1-5H3. The van der Waals surface area contributed by atoms with Gasteiger partial charge in [0, 0.05) is 22.9 Å². The van der Waals surface area contributed by atoms with Crippen LogP contribution in [0.4, 0.5) is 0 Å². The first-order valence-corrected chi connectivity index (χ1v) is 12.6. The van der Waals surface area contributed by atoms with E-state index in [1.54, 1.807) is 32.2 Å². The minimum atomic E-state index is -2.86. The summed E-state index contributed by atoms with van der Waals surface area (Å²) in [5, 5.41) is 11.3. The average Bonchev–Trinajstić information content (AvgIpc) is 3.30. The van der Waals surface area contributed by atoms with Crippen LogP contribution in [0.1, 0.15) is 30.7 Å². The van der Waals surface area contributed by atoms with Crippen molar-refractivity contribution in [1.29, 1.82) is 0 Å². The number of benzene rings is 2. The van der Waals surface area contributed by atoms with Crippen molar-refractivity contribution in [2.24, 2.45) is 0 Å². The number of aromatic nitrogens is 4. The maximum absolute atomic E-state index is 10.5. The van der Waals surface area contributed by atoms with Gasteiger partial charge in [-0.25, -0.2) is 4.98 Å². The Balaban J connectivity index is 1.66. The monoisotopic (exact) mass is 479 g/mol. The first kappa shape index (κ1) is 24.0. The molecule has 8 nitrogen and oxygen atoms in total. The lowest BCUT2D eigenvalue weighted by molar-refractivity contribution is 0.476. The summed E-state index contributed by atoms with van der Waals surface area (Å²) in [7, 11) is -0.951. The van der Waals surface area contributed by atoms with Crippen LogP contribution in [0.15, 0.2) is 58.0 Å². The maximum Gasteiger partial charge on any atom is 0.268 e. The molecule has 0 amide bonds. The van der Waals surface area contributed by atoms with Crippen molar-refractivity contribution in [3.63, 3.8) is 0 Å². The molecular weight excluding hydrogens is 450 g/mol. The summed E-state index contributed by atoms with van der Waals surface area (Å²) >= 11 is 0. The predicted octanol–water partition coefficient (Wildman–Crippen LogP) is 5.71. The van der Waals surface area contributed by atoms with Gasteiger partial charge in [-0.3, -0.25) is 14.1 Å². The quantitative estimate of drug-likeness (QED) is 0.308. The van der Waals surface area contributed by atoms with Gasteiger partial charge in [-0.1, -0.05) is 18.2 Å². The van der Waals surface area contributed by atoms with Crippen LogP contribution in [-0.2, 0) is 6.54 Å². The van der Waals surface area contributed by atoms with Gasteiger partial charge in [-0.05, 0) is 70.1 Å². The molecule has 0 radical (unpaired) electrons. The highest BCUT2D eigenvalue weighted by Gasteiger charge is 2.22. The highest BCUT2D eigenvalue weighted by atomic mass is 32.3. The summed E-state index contributed by atoms with van der Waals surface area (Å²) in [6, 6.07) is 13.3. The zero-order valence-electron chi connectivity index (χ0n) is 19.9. The van der Waals surface area contributed by atoms with Crippen LogP contribution in [0.25, 0.3) is 34.3 Å². The molecule has 0 aliphatic carbocycles. The van der Waals surface area contributed by atoms with Crippen LogP contribution in [0.5, 0.6) is 0 Å². The second-order valence-electron chi connectivity index (χ2n) is 8.45. The Morgan fingerprint density at radius 3 is 2.35 bits per heavy atom. The Bertz CT molecular complexity index is 1300. The van der Waals surface area contributed by atoms with Gasteiger partial charge in [-0.15, -0.1) is 10.2 Å². The summed E-state index contributed by atoms with van der Waals surface area (Å²) in [6.45, 7) is 8.14. The van der Waals surface area contributed by atoms with E-state index in [0.717, 1.165) is 28.8 Å². The zero-order chi connectivity index (χ0) is 24.5. The van der Waals surface area contributed by atoms with Crippen LogP contribution in [-0.4, -0.2) is 41.6 Å². The first-order chi connectivity index (χ1) is 16.2. The lowest BCUT2D eigenvalue weighted by atomic mass is 10.1. The highest BCUT2D eigenvalue weighted by molar-refractivity contribution is 8.24. The molecule has 0 spiro atoms. The van der Waals surface area contributed by atoms with Crippen LogP contribution in [0.2, 0.25) is 0 Å². The van der Waals surface area contributed by atoms with Crippen molar-refractivity contribution in [1.82, 2.24) is 25.5 Å². The molecule has 2 aromatic heterocycles. The van der Waals surface area contributed by atoms with E-state index >= 15 is 0 Å². The zero-order valence-corrected chi connectivity index (χ0v) is 20.7. The molecule has 0 aliphatic rings. The molecule has 178 valence electrons. The van der Waals surface area contributed by atoms with Crippen LogP contribution in [0.3, 0.4) is 0 Å². The van der Waals surface area contributed by atoms with Crippen molar-refractivity contribution in [3.05, 3.63) is 65.5 Å². The Kier molecular flexibility index (Phi) is 6.81. The molecule has 4 aromatic rings. The number of rotatable bonds is 7. The second-order valence-corrected chi connectivity index (χ2v) is 11.0. The van der Waals surface area contributed by atoms with E-state index in [1.807, 2.05) is 51.2 Å². The summed E-state index contributed by atoms with van der Waals surface area (Å²) in [6.07, 6.45) is 1.69. The van der Waals surface area contributed by atoms with Gasteiger partial charge < -0.3 is 9.73 Å². The van der Waals surface area contributed by atoms with E-state index in [-0.39, 0.29) is 5.25 Å². The first-order valence-electron chi connectivity index (χ1n) is 11.0. The largest absolute Gasteiger partial charge is 0.415 e. The topological polar surface area (TPSA) is 117 Å². The van der Waals surface area contributed by atoms with E-state index in [2.05, 4.69) is 20.5 Å². The highest BCUT2D eigenvalue weighted by Crippen LogP contribution is 2.52. The van der Waals surface area contributed by atoms with E-state index in [1.165, 1.54) is 0 Å². The van der Waals surface area contributed by atoms with Crippen LogP contribution in [0, 0.1) is 13.8 Å². The van der Waals surface area contributed by atoms with Crippen molar-refractivity contribution in [3.8, 4) is 34.3 Å². The molecule has 2 aromatic carbocycles. The number of hydrogen-bond donors (Lipinski definition) is 3. The van der Waals surface area contributed by atoms with E-state index in [9.17, 15) is 9.11 Å². The second kappa shape index (κ2) is 9.63. The Morgan fingerprint density at radius 2 is 1.71 bits per heavy atom. The summed E-state index contributed by atoms with van der Waals surface area (Å²) in [5.74, 6) is 0.710. The summed E-state index contributed by atoms with van der Waals surface area (Å²) in [4.78, 5) is 9.78. The molecular formula is C25H29N5O3S. The van der Waals surface area contributed by atoms with Gasteiger partial charge in [0.1, 0.15) is 5.69 Å². The Hall–Kier alpha value is -3.11. The van der Waals surface area contributed by atoms with Crippen LogP contribution < -0.4 is 5.32 Å². The summed E-state index contributed by atoms with van der Waals surface area (Å²) in [5.41, 5.74) is 5.53. The van der Waals surface area contributed by atoms with Crippen molar-refractivity contribution >= 4 is 10.6 Å². The van der Waals surface area contributed by atoms with Gasteiger partial charge in [0.25, 0.3) is 5.89 Å². The molecule has 0 fully saturated rings. The number of nitrogens with zero attached hydrogens (tertiary/aromatic N) is 4. The average molecular weight is 480 g/mol. The SMILES string of the molecule is CNCc1ccc(-c2nnc(-c3nc(-c4ccc(S(O)(O)C(C)C)cc4C)cnc3C)o2)cc1. The van der Waals surface area contributed by atoms with E-state index in [0.29, 0.717) is 33.8 Å². The van der Waals surface area contributed by atoms with Crippen LogP contribution >= 0.6 is 10.6 Å². The predicted molar refractivity (Wildman–Crippen MR) is 135 cm³/mol. The molecule has 0 saturated carbocycles. The third-order valence-electron chi connectivity index (χ3n) is 5.64. The van der Waals surface area contributed by atoms with Gasteiger partial charge in [-0.2, -0.15) is 10.6 Å². The third kappa shape index (κ3) is 4.74. The van der Waals surface area contributed by atoms with Gasteiger partial charge in [0.2, 0.25) is 5.89 Å². The lowest BCUT2D eigenvalue weighted by Gasteiger charge is -2.36. The van der Waals surface area contributed by atoms with Gasteiger partial charge in [0.05, 0.1) is 22.5 Å². The minimum Gasteiger partial charge on any atom is -0.415 e. The normalized spacial score (nSPS) is 12.4. The molecule has 9 heteroatoms. The fourth-order valence-electron chi connectivity index (χ4n) is 3.57. The van der Waals surface area contributed by atoms with Gasteiger partial charge >= 0.3 is 0 Å². The molecule has 0 saturated heterocycles. The number of hydrogen-bond acceptors (Lipinski definition) is 8.